The van der Waals surface area contributed by atoms with Crippen LogP contribution in [0.3, 0.4) is 0 Å². The minimum atomic E-state index is -3.83. The van der Waals surface area contributed by atoms with E-state index in [0.717, 1.165) is 25.9 Å². The SMILES string of the molecule is O=[N+]([O-])c1ccc(S(=O)(=O)N(Cc2cncnc2)C2CCCNCC2)cc1. The number of aromatic nitrogens is 2. The average molecular weight is 391 g/mol. The zero-order valence-electron chi connectivity index (χ0n) is 14.7. The number of hydrogen-bond acceptors (Lipinski definition) is 7. The minimum Gasteiger partial charge on any atom is -0.317 e. The Bertz CT molecular complexity index is 866. The molecular formula is C17H21N5O4S. The fraction of sp³-hybridized carbons (Fsp3) is 0.412. The fourth-order valence-corrected chi connectivity index (χ4v) is 4.84. The van der Waals surface area contributed by atoms with Crippen molar-refractivity contribution in [1.82, 2.24) is 19.6 Å². The second-order valence-electron chi connectivity index (χ2n) is 6.38. The second-order valence-corrected chi connectivity index (χ2v) is 8.27. The lowest BCUT2D eigenvalue weighted by atomic mass is 10.1. The van der Waals surface area contributed by atoms with Crippen molar-refractivity contribution < 1.29 is 13.3 Å². The molecule has 0 saturated carbocycles. The Labute approximate surface area is 157 Å². The lowest BCUT2D eigenvalue weighted by Gasteiger charge is -2.30. The molecule has 1 unspecified atom stereocenters. The van der Waals surface area contributed by atoms with Crippen LogP contribution in [0.2, 0.25) is 0 Å². The van der Waals surface area contributed by atoms with Gasteiger partial charge >= 0.3 is 0 Å². The van der Waals surface area contributed by atoms with Crippen LogP contribution in [0.15, 0.2) is 47.9 Å². The maximum atomic E-state index is 13.3. The van der Waals surface area contributed by atoms with Crippen molar-refractivity contribution in [3.63, 3.8) is 0 Å². The number of sulfonamides is 1. The number of nitro groups is 1. The minimum absolute atomic E-state index is 0.0437. The maximum absolute atomic E-state index is 13.3. The molecule has 1 aliphatic heterocycles. The van der Waals surface area contributed by atoms with Crippen LogP contribution in [-0.4, -0.2) is 46.7 Å². The van der Waals surface area contributed by atoms with Gasteiger partial charge in [-0.15, -0.1) is 0 Å². The molecule has 1 saturated heterocycles. The fourth-order valence-electron chi connectivity index (χ4n) is 3.17. The molecule has 1 aromatic carbocycles. The summed E-state index contributed by atoms with van der Waals surface area (Å²) in [4.78, 5) is 18.3. The lowest BCUT2D eigenvalue weighted by molar-refractivity contribution is -0.384. The second kappa shape index (κ2) is 8.51. The molecule has 0 spiro atoms. The van der Waals surface area contributed by atoms with E-state index in [1.807, 2.05) is 0 Å². The van der Waals surface area contributed by atoms with Gasteiger partial charge in [0, 0.05) is 42.7 Å². The van der Waals surface area contributed by atoms with Gasteiger partial charge in [-0.1, -0.05) is 0 Å². The molecule has 0 amide bonds. The number of benzene rings is 1. The van der Waals surface area contributed by atoms with Crippen LogP contribution in [-0.2, 0) is 16.6 Å². The normalized spacial score (nSPS) is 18.2. The monoisotopic (exact) mass is 391 g/mol. The van der Waals surface area contributed by atoms with Gasteiger partial charge in [-0.2, -0.15) is 4.31 Å². The lowest BCUT2D eigenvalue weighted by Crippen LogP contribution is -2.40. The van der Waals surface area contributed by atoms with Crippen molar-refractivity contribution >= 4 is 15.7 Å². The first-order valence-electron chi connectivity index (χ1n) is 8.69. The number of nitrogens with one attached hydrogen (secondary N) is 1. The standard InChI is InChI=1S/C17H21N5O4S/c23-22(24)16-3-5-17(6-4-16)27(25,26)21(12-14-10-19-13-20-11-14)15-2-1-8-18-9-7-15/h3-6,10-11,13,15,18H,1-2,7-9,12H2. The summed E-state index contributed by atoms with van der Waals surface area (Å²) in [6, 6.07) is 4.84. The Morgan fingerprint density at radius 2 is 1.85 bits per heavy atom. The van der Waals surface area contributed by atoms with Crippen molar-refractivity contribution in [3.05, 3.63) is 58.7 Å². The van der Waals surface area contributed by atoms with Gasteiger partial charge in [0.2, 0.25) is 10.0 Å². The van der Waals surface area contributed by atoms with Crippen molar-refractivity contribution in [2.75, 3.05) is 13.1 Å². The highest BCUT2D eigenvalue weighted by Gasteiger charge is 2.32. The summed E-state index contributed by atoms with van der Waals surface area (Å²) < 4.78 is 28.1. The molecule has 2 aromatic rings. The van der Waals surface area contributed by atoms with E-state index in [9.17, 15) is 18.5 Å². The summed E-state index contributed by atoms with van der Waals surface area (Å²) in [5.41, 5.74) is 0.552. The molecule has 144 valence electrons. The van der Waals surface area contributed by atoms with Gasteiger partial charge in [0.1, 0.15) is 6.33 Å². The van der Waals surface area contributed by atoms with Crippen LogP contribution >= 0.6 is 0 Å². The van der Waals surface area contributed by atoms with Crippen LogP contribution in [0.1, 0.15) is 24.8 Å². The Kier molecular flexibility index (Phi) is 6.09. The third-order valence-corrected chi connectivity index (χ3v) is 6.47. The van der Waals surface area contributed by atoms with Crippen molar-refractivity contribution in [2.24, 2.45) is 0 Å². The summed E-state index contributed by atoms with van der Waals surface area (Å²) in [5.74, 6) is 0. The molecule has 27 heavy (non-hydrogen) atoms. The highest BCUT2D eigenvalue weighted by atomic mass is 32.2. The average Bonchev–Trinajstić information content (AvgIpc) is 2.96. The molecule has 0 radical (unpaired) electrons. The van der Waals surface area contributed by atoms with E-state index < -0.39 is 14.9 Å². The summed E-state index contributed by atoms with van der Waals surface area (Å²) in [7, 11) is -3.83. The van der Waals surface area contributed by atoms with Crippen molar-refractivity contribution in [2.45, 2.75) is 36.7 Å². The molecule has 1 atom stereocenters. The Morgan fingerprint density at radius 1 is 1.15 bits per heavy atom. The predicted octanol–water partition coefficient (Wildman–Crippen LogP) is 1.72. The van der Waals surface area contributed by atoms with Gasteiger partial charge in [0.15, 0.2) is 0 Å². The van der Waals surface area contributed by atoms with E-state index in [2.05, 4.69) is 15.3 Å². The summed E-state index contributed by atoms with van der Waals surface area (Å²) >= 11 is 0. The highest BCUT2D eigenvalue weighted by Crippen LogP contribution is 2.26. The van der Waals surface area contributed by atoms with Crippen LogP contribution in [0, 0.1) is 10.1 Å². The molecule has 1 aliphatic rings. The smallest absolute Gasteiger partial charge is 0.269 e. The van der Waals surface area contributed by atoms with Crippen LogP contribution in [0.5, 0.6) is 0 Å². The van der Waals surface area contributed by atoms with Crippen LogP contribution < -0.4 is 5.32 Å². The third kappa shape index (κ3) is 4.65. The summed E-state index contributed by atoms with van der Waals surface area (Å²) in [6.45, 7) is 1.75. The van der Waals surface area contributed by atoms with Gasteiger partial charge in [-0.05, 0) is 44.5 Å². The first-order valence-corrected chi connectivity index (χ1v) is 10.1. The Balaban J connectivity index is 1.95. The van der Waals surface area contributed by atoms with Crippen LogP contribution in [0.25, 0.3) is 0 Å². The largest absolute Gasteiger partial charge is 0.317 e. The molecule has 1 fully saturated rings. The maximum Gasteiger partial charge on any atom is 0.269 e. The topological polar surface area (TPSA) is 118 Å². The van der Waals surface area contributed by atoms with E-state index >= 15 is 0 Å². The van der Waals surface area contributed by atoms with Gasteiger partial charge in [-0.25, -0.2) is 18.4 Å². The molecule has 1 aromatic heterocycles. The Hall–Kier alpha value is -2.43. The molecule has 9 nitrogen and oxygen atoms in total. The number of nitrogens with zero attached hydrogens (tertiary/aromatic N) is 4. The molecule has 0 aliphatic carbocycles. The number of nitro benzene ring substituents is 1. The quantitative estimate of drug-likeness (QED) is 0.588. The number of hydrogen-bond donors (Lipinski definition) is 1. The number of rotatable bonds is 6. The van der Waals surface area contributed by atoms with Gasteiger partial charge in [-0.3, -0.25) is 10.1 Å². The molecule has 1 N–H and O–H groups in total. The molecule has 0 bridgehead atoms. The van der Waals surface area contributed by atoms with E-state index in [0.29, 0.717) is 12.0 Å². The molecular weight excluding hydrogens is 370 g/mol. The summed E-state index contributed by atoms with van der Waals surface area (Å²) in [6.07, 6.45) is 6.91. The number of non-ortho nitro benzene ring substituents is 1. The zero-order chi connectivity index (χ0) is 19.3. The van der Waals surface area contributed by atoms with Crippen LogP contribution in [0.4, 0.5) is 5.69 Å². The Morgan fingerprint density at radius 3 is 2.52 bits per heavy atom. The van der Waals surface area contributed by atoms with Gasteiger partial charge in [0.25, 0.3) is 5.69 Å². The van der Waals surface area contributed by atoms with Crippen molar-refractivity contribution in [1.29, 1.82) is 0 Å². The molecule has 3 rings (SSSR count). The first kappa shape index (κ1) is 19.3. The van der Waals surface area contributed by atoms with E-state index in [-0.39, 0.29) is 23.2 Å². The highest BCUT2D eigenvalue weighted by molar-refractivity contribution is 7.89. The predicted molar refractivity (Wildman–Crippen MR) is 98.4 cm³/mol. The molecule has 2 heterocycles. The first-order chi connectivity index (χ1) is 13.0. The molecule has 10 heteroatoms. The van der Waals surface area contributed by atoms with Gasteiger partial charge < -0.3 is 5.32 Å². The third-order valence-electron chi connectivity index (χ3n) is 4.56. The van der Waals surface area contributed by atoms with E-state index in [1.165, 1.54) is 34.9 Å². The van der Waals surface area contributed by atoms with Crippen molar-refractivity contribution in [3.8, 4) is 0 Å². The zero-order valence-corrected chi connectivity index (χ0v) is 15.5. The van der Waals surface area contributed by atoms with Gasteiger partial charge in [0.05, 0.1) is 9.82 Å². The van der Waals surface area contributed by atoms with E-state index in [1.54, 1.807) is 12.4 Å². The van der Waals surface area contributed by atoms with E-state index in [4.69, 9.17) is 0 Å². The summed E-state index contributed by atoms with van der Waals surface area (Å²) in [5, 5.41) is 14.1.